The first kappa shape index (κ1) is 14.9. The molecule has 7 heteroatoms. The molecule has 0 atom stereocenters. The molecule has 0 aliphatic carbocycles. The first-order valence-corrected chi connectivity index (χ1v) is 7.26. The van der Waals surface area contributed by atoms with Gasteiger partial charge in [-0.3, -0.25) is 10.1 Å². The quantitative estimate of drug-likeness (QED) is 0.624. The van der Waals surface area contributed by atoms with Crippen LogP contribution in [-0.4, -0.2) is 21.7 Å². The van der Waals surface area contributed by atoms with Crippen LogP contribution in [0.1, 0.15) is 27.9 Å². The number of fused-ring (bicyclic) bond motifs is 1. The fourth-order valence-electron chi connectivity index (χ4n) is 2.79. The minimum absolute atomic E-state index is 0.0808. The number of nitriles is 1. The van der Waals surface area contributed by atoms with Gasteiger partial charge in [0.25, 0.3) is 5.69 Å². The molecule has 0 N–H and O–H groups in total. The molecule has 0 unspecified atom stereocenters. The van der Waals surface area contributed by atoms with Gasteiger partial charge in [0.1, 0.15) is 11.6 Å². The van der Waals surface area contributed by atoms with E-state index in [2.05, 4.69) is 16.3 Å². The molecule has 2 aromatic rings. The Bertz CT molecular complexity index is 841. The molecule has 3 rings (SSSR count). The molecule has 1 aromatic heterocycles. The summed E-state index contributed by atoms with van der Waals surface area (Å²) in [6.07, 6.45) is 0.757. The first-order chi connectivity index (χ1) is 11.0. The number of aromatic nitrogens is 2. The maximum absolute atomic E-state index is 10.9. The smallest absolute Gasteiger partial charge is 0.269 e. The summed E-state index contributed by atoms with van der Waals surface area (Å²) in [5.41, 5.74) is 4.15. The molecule has 1 aliphatic rings. The summed E-state index contributed by atoms with van der Waals surface area (Å²) in [5, 5.41) is 28.7. The molecule has 0 saturated heterocycles. The normalized spacial score (nSPS) is 13.3. The van der Waals surface area contributed by atoms with Gasteiger partial charge in [0.05, 0.1) is 10.6 Å². The van der Waals surface area contributed by atoms with E-state index in [0.29, 0.717) is 24.5 Å². The maximum atomic E-state index is 10.9. The molecule has 116 valence electrons. The van der Waals surface area contributed by atoms with E-state index < -0.39 is 4.92 Å². The van der Waals surface area contributed by atoms with Gasteiger partial charge in [0, 0.05) is 25.2 Å². The zero-order valence-corrected chi connectivity index (χ0v) is 12.9. The molecule has 0 bridgehead atoms. The summed E-state index contributed by atoms with van der Waals surface area (Å²) in [6.45, 7) is 4.87. The molecular weight excluding hydrogens is 294 g/mol. The van der Waals surface area contributed by atoms with Crippen molar-refractivity contribution in [2.24, 2.45) is 0 Å². The van der Waals surface area contributed by atoms with Crippen LogP contribution in [0.3, 0.4) is 0 Å². The largest absolute Gasteiger partial charge is 0.349 e. The Morgan fingerprint density at radius 2 is 2.09 bits per heavy atom. The molecule has 0 fully saturated rings. The number of hydrogen-bond donors (Lipinski definition) is 0. The number of nitrogens with zero attached hydrogens (tertiary/aromatic N) is 5. The van der Waals surface area contributed by atoms with E-state index in [0.717, 1.165) is 28.8 Å². The number of hydrogen-bond acceptors (Lipinski definition) is 6. The van der Waals surface area contributed by atoms with Crippen molar-refractivity contribution in [2.75, 3.05) is 11.4 Å². The Kier molecular flexibility index (Phi) is 3.66. The molecule has 1 aliphatic heterocycles. The minimum atomic E-state index is -0.393. The number of aryl methyl sites for hydroxylation is 1. The fraction of sp³-hybridized carbons (Fsp3) is 0.312. The van der Waals surface area contributed by atoms with Crippen molar-refractivity contribution in [1.82, 2.24) is 10.2 Å². The first-order valence-electron chi connectivity index (χ1n) is 7.26. The maximum Gasteiger partial charge on any atom is 0.269 e. The van der Waals surface area contributed by atoms with Crippen molar-refractivity contribution >= 4 is 11.5 Å². The zero-order chi connectivity index (χ0) is 16.6. The highest BCUT2D eigenvalue weighted by Gasteiger charge is 2.23. The van der Waals surface area contributed by atoms with Crippen LogP contribution in [-0.2, 0) is 13.0 Å². The third-order valence-corrected chi connectivity index (χ3v) is 4.26. The topological polar surface area (TPSA) is 95.9 Å². The van der Waals surface area contributed by atoms with Crippen molar-refractivity contribution in [3.05, 3.63) is 56.3 Å². The van der Waals surface area contributed by atoms with E-state index in [1.807, 2.05) is 24.8 Å². The molecule has 0 amide bonds. The summed E-state index contributed by atoms with van der Waals surface area (Å²) >= 11 is 0. The molecule has 23 heavy (non-hydrogen) atoms. The summed E-state index contributed by atoms with van der Waals surface area (Å²) in [6, 6.07) is 7.14. The average molecular weight is 309 g/mol. The highest BCUT2D eigenvalue weighted by Crippen LogP contribution is 2.29. The lowest BCUT2D eigenvalue weighted by Crippen LogP contribution is -2.32. The van der Waals surface area contributed by atoms with Crippen LogP contribution in [0.25, 0.3) is 0 Å². The van der Waals surface area contributed by atoms with Gasteiger partial charge in [0.2, 0.25) is 0 Å². The second-order valence-electron chi connectivity index (χ2n) is 5.60. The number of rotatable bonds is 2. The molecule has 0 saturated carbocycles. The molecule has 0 spiro atoms. The van der Waals surface area contributed by atoms with Crippen LogP contribution in [0, 0.1) is 35.3 Å². The van der Waals surface area contributed by atoms with Crippen LogP contribution in [0.4, 0.5) is 11.5 Å². The lowest BCUT2D eigenvalue weighted by Gasteiger charge is -2.30. The summed E-state index contributed by atoms with van der Waals surface area (Å²) in [5.74, 6) is 0.549. The van der Waals surface area contributed by atoms with Gasteiger partial charge in [-0.1, -0.05) is 6.07 Å². The van der Waals surface area contributed by atoms with E-state index in [-0.39, 0.29) is 5.69 Å². The Balaban J connectivity index is 1.99. The lowest BCUT2D eigenvalue weighted by molar-refractivity contribution is -0.384. The van der Waals surface area contributed by atoms with Gasteiger partial charge in [0.15, 0.2) is 5.82 Å². The second-order valence-corrected chi connectivity index (χ2v) is 5.60. The van der Waals surface area contributed by atoms with Crippen LogP contribution < -0.4 is 4.90 Å². The number of nitro groups is 1. The zero-order valence-electron chi connectivity index (χ0n) is 12.9. The summed E-state index contributed by atoms with van der Waals surface area (Å²) in [4.78, 5) is 12.5. The van der Waals surface area contributed by atoms with E-state index in [1.54, 1.807) is 6.07 Å². The van der Waals surface area contributed by atoms with E-state index in [9.17, 15) is 15.4 Å². The molecule has 7 nitrogen and oxygen atoms in total. The van der Waals surface area contributed by atoms with Gasteiger partial charge < -0.3 is 4.90 Å². The number of benzene rings is 1. The summed E-state index contributed by atoms with van der Waals surface area (Å²) in [7, 11) is 0. The fourth-order valence-corrected chi connectivity index (χ4v) is 2.79. The lowest BCUT2D eigenvalue weighted by atomic mass is 9.98. The average Bonchev–Trinajstić information content (AvgIpc) is 2.56. The molecular formula is C16H15N5O2. The van der Waals surface area contributed by atoms with Crippen LogP contribution in [0.2, 0.25) is 0 Å². The predicted molar refractivity (Wildman–Crippen MR) is 84.1 cm³/mol. The van der Waals surface area contributed by atoms with Crippen LogP contribution in [0.15, 0.2) is 18.2 Å². The summed E-state index contributed by atoms with van der Waals surface area (Å²) < 4.78 is 0. The number of non-ortho nitro benzene ring substituents is 1. The Morgan fingerprint density at radius 3 is 2.78 bits per heavy atom. The van der Waals surface area contributed by atoms with Crippen LogP contribution >= 0.6 is 0 Å². The van der Waals surface area contributed by atoms with E-state index >= 15 is 0 Å². The van der Waals surface area contributed by atoms with Crippen molar-refractivity contribution < 1.29 is 4.92 Å². The van der Waals surface area contributed by atoms with Gasteiger partial charge in [-0.05, 0) is 37.0 Å². The SMILES string of the molecule is Cc1nnc(N2CCc3ccc([N+](=O)[O-])cc3C2)c(C#N)c1C. The Morgan fingerprint density at radius 1 is 1.30 bits per heavy atom. The van der Waals surface area contributed by atoms with Crippen molar-refractivity contribution in [1.29, 1.82) is 5.26 Å². The van der Waals surface area contributed by atoms with E-state index in [4.69, 9.17) is 0 Å². The van der Waals surface area contributed by atoms with Gasteiger partial charge in [-0.25, -0.2) is 0 Å². The third kappa shape index (κ3) is 2.59. The number of anilines is 1. The van der Waals surface area contributed by atoms with Crippen molar-refractivity contribution in [3.8, 4) is 6.07 Å². The van der Waals surface area contributed by atoms with E-state index in [1.165, 1.54) is 6.07 Å². The molecule has 0 radical (unpaired) electrons. The highest BCUT2D eigenvalue weighted by molar-refractivity contribution is 5.59. The predicted octanol–water partition coefficient (Wildman–Crippen LogP) is 2.44. The minimum Gasteiger partial charge on any atom is -0.349 e. The van der Waals surface area contributed by atoms with Gasteiger partial charge in [-0.15, -0.1) is 5.10 Å². The van der Waals surface area contributed by atoms with Crippen molar-refractivity contribution in [2.45, 2.75) is 26.8 Å². The molecule has 1 aromatic carbocycles. The Labute approximate surface area is 133 Å². The standard InChI is InChI=1S/C16H15N5O2/c1-10-11(2)18-19-16(15(10)8-17)20-6-5-12-3-4-14(21(22)23)7-13(12)9-20/h3-4,7H,5-6,9H2,1-2H3. The molecule has 2 heterocycles. The van der Waals surface area contributed by atoms with Gasteiger partial charge >= 0.3 is 0 Å². The van der Waals surface area contributed by atoms with Crippen LogP contribution in [0.5, 0.6) is 0 Å². The van der Waals surface area contributed by atoms with Crippen molar-refractivity contribution in [3.63, 3.8) is 0 Å². The highest BCUT2D eigenvalue weighted by atomic mass is 16.6. The Hall–Kier alpha value is -3.01. The van der Waals surface area contributed by atoms with Gasteiger partial charge in [-0.2, -0.15) is 10.4 Å². The number of nitro benzene ring substituents is 1. The third-order valence-electron chi connectivity index (χ3n) is 4.26. The monoisotopic (exact) mass is 309 g/mol. The second kappa shape index (κ2) is 5.65.